The molecule has 0 radical (unpaired) electrons. The lowest BCUT2D eigenvalue weighted by Gasteiger charge is -2.33. The van der Waals surface area contributed by atoms with Gasteiger partial charge in [0.05, 0.1) is 29.9 Å². The molecule has 204 valence electrons. The molecule has 1 fully saturated rings. The molecule has 0 heterocycles. The van der Waals surface area contributed by atoms with E-state index >= 15 is 0 Å². The molecule has 1 aliphatic rings. The predicted octanol–water partition coefficient (Wildman–Crippen LogP) is 6.28. The maximum Gasteiger partial charge on any atom is 0.416 e. The predicted molar refractivity (Wildman–Crippen MR) is 123 cm³/mol. The summed E-state index contributed by atoms with van der Waals surface area (Å²) < 4.78 is 99.8. The number of rotatable bonds is 7. The van der Waals surface area contributed by atoms with Crippen LogP contribution in [0.5, 0.6) is 0 Å². The van der Waals surface area contributed by atoms with Crippen LogP contribution < -0.4 is 0 Å². The summed E-state index contributed by atoms with van der Waals surface area (Å²) in [5.74, 6) is -0.985. The molecule has 37 heavy (non-hydrogen) atoms. The average molecular weight is 535 g/mol. The summed E-state index contributed by atoms with van der Waals surface area (Å²) in [5, 5.41) is 0. The third kappa shape index (κ3) is 7.01. The average Bonchev–Trinajstić information content (AvgIpc) is 3.21. The van der Waals surface area contributed by atoms with Crippen molar-refractivity contribution in [3.63, 3.8) is 0 Å². The van der Waals surface area contributed by atoms with Crippen molar-refractivity contribution in [3.8, 4) is 0 Å². The molecule has 4 nitrogen and oxygen atoms in total. The molecule has 0 saturated heterocycles. The number of hydrogen-bond acceptors (Lipinski definition) is 3. The van der Waals surface area contributed by atoms with Crippen molar-refractivity contribution in [3.05, 3.63) is 70.5 Å². The van der Waals surface area contributed by atoms with Gasteiger partial charge in [-0.3, -0.25) is 9.69 Å². The van der Waals surface area contributed by atoms with Gasteiger partial charge in [0.25, 0.3) is 0 Å². The van der Waals surface area contributed by atoms with E-state index < -0.39 is 47.4 Å². The molecule has 11 heteroatoms. The van der Waals surface area contributed by atoms with E-state index in [0.717, 1.165) is 0 Å². The summed E-state index contributed by atoms with van der Waals surface area (Å²) in [6.45, 7) is 1.50. The normalized spacial score (nSPS) is 21.4. The van der Waals surface area contributed by atoms with E-state index in [1.165, 1.54) is 24.0 Å². The lowest BCUT2D eigenvalue weighted by Crippen LogP contribution is -2.42. The molecule has 0 spiro atoms. The van der Waals surface area contributed by atoms with Crippen LogP contribution in [0.3, 0.4) is 0 Å². The molecular formula is C26H29F7N2O2. The Morgan fingerprint density at radius 2 is 1.49 bits per heavy atom. The number of hydrogen-bond donors (Lipinski definition) is 0. The van der Waals surface area contributed by atoms with Crippen molar-refractivity contribution in [1.29, 1.82) is 0 Å². The van der Waals surface area contributed by atoms with Gasteiger partial charge in [-0.25, -0.2) is 4.39 Å². The molecule has 0 N–H and O–H groups in total. The van der Waals surface area contributed by atoms with Crippen molar-refractivity contribution in [1.82, 2.24) is 9.80 Å². The van der Waals surface area contributed by atoms with Crippen LogP contribution >= 0.6 is 0 Å². The number of nitrogens with zero attached hydrogens (tertiary/aromatic N) is 2. The van der Waals surface area contributed by atoms with Crippen LogP contribution in [-0.2, 0) is 21.9 Å². The molecular weight excluding hydrogens is 505 g/mol. The first kappa shape index (κ1) is 28.9. The first-order valence-electron chi connectivity index (χ1n) is 11.7. The molecule has 2 aromatic rings. The standard InChI is InChI=1S/C26H29F7N2O2/c1-15(17-11-18(25(28,29)30)13-19(12-17)26(31,32)33)37-22-10-9-21(35(4)14-23(36)34(2)3)24(22)16-5-7-20(27)8-6-16/h5-8,11-13,15,21-22,24H,9-10,14H2,1-4H3/t15-,21?,22?,24?/m1/s1. The second kappa shape index (κ2) is 11.0. The highest BCUT2D eigenvalue weighted by Gasteiger charge is 2.42. The van der Waals surface area contributed by atoms with Crippen LogP contribution in [0.2, 0.25) is 0 Å². The number of carbonyl (C=O) groups is 1. The first-order valence-corrected chi connectivity index (χ1v) is 11.7. The van der Waals surface area contributed by atoms with E-state index in [2.05, 4.69) is 0 Å². The maximum atomic E-state index is 13.6. The van der Waals surface area contributed by atoms with Gasteiger partial charge in [0, 0.05) is 26.1 Å². The Morgan fingerprint density at radius 1 is 0.946 bits per heavy atom. The van der Waals surface area contributed by atoms with E-state index in [-0.39, 0.29) is 30.1 Å². The zero-order chi connectivity index (χ0) is 27.7. The third-order valence-corrected chi connectivity index (χ3v) is 6.72. The van der Waals surface area contributed by atoms with Crippen LogP contribution in [0.25, 0.3) is 0 Å². The lowest BCUT2D eigenvalue weighted by molar-refractivity contribution is -0.143. The SMILES string of the molecule is C[C@@H](OC1CCC(N(C)CC(=O)N(C)C)C1c1ccc(F)cc1)c1cc(C(F)(F)F)cc(C(F)(F)F)c1. The van der Waals surface area contributed by atoms with Gasteiger partial charge in [-0.15, -0.1) is 0 Å². The highest BCUT2D eigenvalue weighted by molar-refractivity contribution is 5.77. The highest BCUT2D eigenvalue weighted by atomic mass is 19.4. The number of benzene rings is 2. The van der Waals surface area contributed by atoms with E-state index in [4.69, 9.17) is 4.74 Å². The fourth-order valence-corrected chi connectivity index (χ4v) is 4.74. The van der Waals surface area contributed by atoms with Crippen molar-refractivity contribution in [2.24, 2.45) is 0 Å². The van der Waals surface area contributed by atoms with E-state index in [9.17, 15) is 35.5 Å². The van der Waals surface area contributed by atoms with Gasteiger partial charge in [-0.05, 0) is 68.3 Å². The molecule has 1 saturated carbocycles. The summed E-state index contributed by atoms with van der Waals surface area (Å²) in [4.78, 5) is 15.6. The van der Waals surface area contributed by atoms with Crippen molar-refractivity contribution in [2.45, 2.75) is 56.3 Å². The third-order valence-electron chi connectivity index (χ3n) is 6.72. The number of carbonyl (C=O) groups excluding carboxylic acids is 1. The van der Waals surface area contributed by atoms with Gasteiger partial charge in [-0.2, -0.15) is 26.3 Å². The Balaban J connectivity index is 1.93. The van der Waals surface area contributed by atoms with Crippen LogP contribution in [0.4, 0.5) is 30.7 Å². The van der Waals surface area contributed by atoms with Gasteiger partial charge in [0.2, 0.25) is 5.91 Å². The summed E-state index contributed by atoms with van der Waals surface area (Å²) in [5.41, 5.74) is -2.37. The summed E-state index contributed by atoms with van der Waals surface area (Å²) in [6, 6.07) is 6.90. The molecule has 1 aliphatic carbocycles. The molecule has 3 rings (SSSR count). The molecule has 1 amide bonds. The fraction of sp³-hybridized carbons (Fsp3) is 0.500. The molecule has 0 aromatic heterocycles. The Morgan fingerprint density at radius 3 is 1.97 bits per heavy atom. The lowest BCUT2D eigenvalue weighted by atomic mass is 9.91. The maximum absolute atomic E-state index is 13.6. The summed E-state index contributed by atoms with van der Waals surface area (Å²) in [7, 11) is 5.01. The second-order valence-electron chi connectivity index (χ2n) is 9.58. The molecule has 2 aromatic carbocycles. The minimum atomic E-state index is -4.97. The Labute approximate surface area is 211 Å². The van der Waals surface area contributed by atoms with Gasteiger partial charge in [0.1, 0.15) is 5.82 Å². The van der Waals surface area contributed by atoms with Crippen molar-refractivity contribution < 1.29 is 40.3 Å². The summed E-state index contributed by atoms with van der Waals surface area (Å²) >= 11 is 0. The topological polar surface area (TPSA) is 32.8 Å². The smallest absolute Gasteiger partial charge is 0.370 e. The van der Waals surface area contributed by atoms with Crippen LogP contribution in [0.15, 0.2) is 42.5 Å². The number of ether oxygens (including phenoxy) is 1. The van der Waals surface area contributed by atoms with Crippen molar-refractivity contribution >= 4 is 5.91 Å². The van der Waals surface area contributed by atoms with E-state index in [1.54, 1.807) is 33.3 Å². The molecule has 0 bridgehead atoms. The second-order valence-corrected chi connectivity index (χ2v) is 9.58. The Kier molecular flexibility index (Phi) is 8.58. The largest absolute Gasteiger partial charge is 0.416 e. The Bertz CT molecular complexity index is 1050. The van der Waals surface area contributed by atoms with Gasteiger partial charge in [-0.1, -0.05) is 12.1 Å². The number of halogens is 7. The van der Waals surface area contributed by atoms with Crippen LogP contribution in [-0.4, -0.2) is 55.5 Å². The number of alkyl halides is 6. The number of likely N-dealkylation sites (N-methyl/N-ethyl adjacent to an activating group) is 2. The minimum Gasteiger partial charge on any atom is -0.370 e. The molecule has 4 atom stereocenters. The first-order chi connectivity index (χ1) is 17.1. The highest BCUT2D eigenvalue weighted by Crippen LogP contribution is 2.43. The zero-order valence-corrected chi connectivity index (χ0v) is 20.8. The van der Waals surface area contributed by atoms with Crippen LogP contribution in [0.1, 0.15) is 54.0 Å². The fourth-order valence-electron chi connectivity index (χ4n) is 4.74. The van der Waals surface area contributed by atoms with Gasteiger partial charge in [0.15, 0.2) is 0 Å². The number of amides is 1. The minimum absolute atomic E-state index is 0.0832. The monoisotopic (exact) mass is 534 g/mol. The van der Waals surface area contributed by atoms with E-state index in [0.29, 0.717) is 30.5 Å². The van der Waals surface area contributed by atoms with Crippen molar-refractivity contribution in [2.75, 3.05) is 27.7 Å². The van der Waals surface area contributed by atoms with Crippen LogP contribution in [0, 0.1) is 5.82 Å². The summed E-state index contributed by atoms with van der Waals surface area (Å²) in [6.07, 6.45) is -10.6. The van der Waals surface area contributed by atoms with E-state index in [1.807, 2.05) is 4.90 Å². The Hall–Kier alpha value is -2.66. The van der Waals surface area contributed by atoms with Gasteiger partial charge < -0.3 is 9.64 Å². The quantitative estimate of drug-likeness (QED) is 0.393. The zero-order valence-electron chi connectivity index (χ0n) is 20.8. The van der Waals surface area contributed by atoms with Gasteiger partial charge >= 0.3 is 12.4 Å². The molecule has 3 unspecified atom stereocenters. The molecule has 0 aliphatic heterocycles.